The summed E-state index contributed by atoms with van der Waals surface area (Å²) in [6.45, 7) is 9.41. The van der Waals surface area contributed by atoms with Gasteiger partial charge in [-0.3, -0.25) is 4.68 Å². The number of halogens is 1. The number of nitrogens with one attached hydrogen (secondary N) is 2. The topological polar surface area (TPSA) is 70.4 Å². The van der Waals surface area contributed by atoms with Crippen molar-refractivity contribution >= 4 is 35.8 Å². The molecule has 8 heteroatoms. The summed E-state index contributed by atoms with van der Waals surface area (Å²) in [6.07, 6.45) is 2.82. The van der Waals surface area contributed by atoms with E-state index in [0.29, 0.717) is 6.54 Å². The van der Waals surface area contributed by atoms with E-state index in [9.17, 15) is 0 Å². The van der Waals surface area contributed by atoms with Gasteiger partial charge < -0.3 is 15.5 Å². The Morgan fingerprint density at radius 1 is 1.22 bits per heavy atom. The first-order valence-electron chi connectivity index (χ1n) is 9.15. The highest BCUT2D eigenvalue weighted by atomic mass is 127. The molecule has 0 aliphatic heterocycles. The number of nitrogens with zero attached hydrogens (tertiary/aromatic N) is 5. The van der Waals surface area contributed by atoms with Gasteiger partial charge in [0.05, 0.1) is 12.2 Å². The lowest BCUT2D eigenvalue weighted by Crippen LogP contribution is -2.38. The fourth-order valence-corrected chi connectivity index (χ4v) is 2.65. The first-order valence-corrected chi connectivity index (χ1v) is 9.15. The average molecular weight is 485 g/mol. The van der Waals surface area contributed by atoms with Gasteiger partial charge in [-0.25, -0.2) is 9.98 Å². The molecule has 150 valence electrons. The van der Waals surface area contributed by atoms with Crippen molar-refractivity contribution in [3.8, 4) is 0 Å². The van der Waals surface area contributed by atoms with Gasteiger partial charge in [0, 0.05) is 45.6 Å². The van der Waals surface area contributed by atoms with Crippen LogP contribution in [0, 0.1) is 13.8 Å². The van der Waals surface area contributed by atoms with Crippen LogP contribution in [0.1, 0.15) is 30.3 Å². The van der Waals surface area contributed by atoms with Crippen LogP contribution in [0.2, 0.25) is 0 Å². The Balaban J connectivity index is 0.00000364. The van der Waals surface area contributed by atoms with E-state index in [1.54, 1.807) is 0 Å². The smallest absolute Gasteiger partial charge is 0.191 e. The van der Waals surface area contributed by atoms with Crippen LogP contribution in [-0.4, -0.2) is 47.9 Å². The van der Waals surface area contributed by atoms with E-state index in [4.69, 9.17) is 0 Å². The molecule has 0 aliphatic rings. The molecule has 0 saturated carbocycles. The molecule has 0 bridgehead atoms. The summed E-state index contributed by atoms with van der Waals surface area (Å²) in [7, 11) is 3.98. The van der Waals surface area contributed by atoms with Crippen LogP contribution in [0.5, 0.6) is 0 Å². The van der Waals surface area contributed by atoms with Crippen molar-refractivity contribution in [3.05, 3.63) is 41.3 Å². The Hall–Kier alpha value is -1.84. The van der Waals surface area contributed by atoms with Gasteiger partial charge in [0.25, 0.3) is 0 Å². The number of hydrogen-bond donors (Lipinski definition) is 2. The predicted octanol–water partition coefficient (Wildman–Crippen LogP) is 2.72. The van der Waals surface area contributed by atoms with Crippen molar-refractivity contribution in [1.82, 2.24) is 25.4 Å². The molecule has 2 aromatic heterocycles. The molecule has 2 N–H and O–H groups in total. The second-order valence-electron chi connectivity index (χ2n) is 6.54. The summed E-state index contributed by atoms with van der Waals surface area (Å²) in [5, 5.41) is 11.2. The first kappa shape index (κ1) is 23.2. The maximum atomic E-state index is 4.68. The minimum absolute atomic E-state index is 0. The minimum atomic E-state index is 0. The maximum Gasteiger partial charge on any atom is 0.191 e. The number of aliphatic imine (C=N–C) groups is 1. The summed E-state index contributed by atoms with van der Waals surface area (Å²) >= 11 is 0. The van der Waals surface area contributed by atoms with Crippen LogP contribution < -0.4 is 15.5 Å². The Labute approximate surface area is 179 Å². The number of aromatic nitrogens is 3. The number of pyridine rings is 1. The highest BCUT2D eigenvalue weighted by molar-refractivity contribution is 14.0. The summed E-state index contributed by atoms with van der Waals surface area (Å²) in [6, 6.07) is 6.18. The average Bonchev–Trinajstić information content (AvgIpc) is 2.94. The number of hydrogen-bond acceptors (Lipinski definition) is 4. The highest BCUT2D eigenvalue weighted by Crippen LogP contribution is 2.10. The third-order valence-electron chi connectivity index (χ3n) is 3.97. The second kappa shape index (κ2) is 11.8. The van der Waals surface area contributed by atoms with Crippen LogP contribution >= 0.6 is 24.0 Å². The van der Waals surface area contributed by atoms with Gasteiger partial charge in [-0.05, 0) is 51.0 Å². The standard InChI is InChI=1S/C19H31N7.HI/c1-6-20-19(22-9-7-11-26-16(3)12-15(2)24-26)23-14-17-8-10-21-18(13-17)25(4)5;/h8,10,12-13H,6-7,9,11,14H2,1-5H3,(H2,20,22,23);1H. The molecule has 0 radical (unpaired) electrons. The Bertz CT molecular complexity index is 725. The van der Waals surface area contributed by atoms with Crippen molar-refractivity contribution in [1.29, 1.82) is 0 Å². The van der Waals surface area contributed by atoms with E-state index >= 15 is 0 Å². The predicted molar refractivity (Wildman–Crippen MR) is 123 cm³/mol. The fourth-order valence-electron chi connectivity index (χ4n) is 2.65. The largest absolute Gasteiger partial charge is 0.363 e. The third-order valence-corrected chi connectivity index (χ3v) is 3.97. The van der Waals surface area contributed by atoms with E-state index in [0.717, 1.165) is 49.1 Å². The van der Waals surface area contributed by atoms with Gasteiger partial charge in [0.1, 0.15) is 5.82 Å². The van der Waals surface area contributed by atoms with Crippen LogP contribution in [0.25, 0.3) is 0 Å². The highest BCUT2D eigenvalue weighted by Gasteiger charge is 2.02. The Morgan fingerprint density at radius 2 is 2.00 bits per heavy atom. The van der Waals surface area contributed by atoms with E-state index in [1.807, 2.05) is 38.2 Å². The summed E-state index contributed by atoms with van der Waals surface area (Å²) < 4.78 is 2.06. The molecule has 2 heterocycles. The van der Waals surface area contributed by atoms with Gasteiger partial charge in [0.15, 0.2) is 5.96 Å². The number of rotatable bonds is 8. The van der Waals surface area contributed by atoms with Crippen molar-refractivity contribution in [3.63, 3.8) is 0 Å². The van der Waals surface area contributed by atoms with Crippen LogP contribution in [0.4, 0.5) is 5.82 Å². The van der Waals surface area contributed by atoms with Gasteiger partial charge in [0.2, 0.25) is 0 Å². The lowest BCUT2D eigenvalue weighted by molar-refractivity contribution is 0.555. The molecule has 0 unspecified atom stereocenters. The molecule has 0 saturated heterocycles. The molecule has 2 rings (SSSR count). The van der Waals surface area contributed by atoms with Gasteiger partial charge in [-0.15, -0.1) is 24.0 Å². The maximum absolute atomic E-state index is 4.68. The molecule has 2 aromatic rings. The summed E-state index contributed by atoms with van der Waals surface area (Å²) in [5.41, 5.74) is 3.42. The molecule has 27 heavy (non-hydrogen) atoms. The molecule has 7 nitrogen and oxygen atoms in total. The van der Waals surface area contributed by atoms with Crippen LogP contribution in [-0.2, 0) is 13.1 Å². The molecule has 0 aromatic carbocycles. The first-order chi connectivity index (χ1) is 12.5. The number of guanidine groups is 1. The fraction of sp³-hybridized carbons (Fsp3) is 0.526. The zero-order chi connectivity index (χ0) is 18.9. The van der Waals surface area contributed by atoms with Crippen molar-refractivity contribution < 1.29 is 0 Å². The molecule has 0 amide bonds. The van der Waals surface area contributed by atoms with Gasteiger partial charge in [-0.2, -0.15) is 5.10 Å². The molecular weight excluding hydrogens is 453 g/mol. The SMILES string of the molecule is CCNC(=NCc1ccnc(N(C)C)c1)NCCCn1nc(C)cc1C.I. The minimum Gasteiger partial charge on any atom is -0.363 e. The molecule has 0 fully saturated rings. The van der Waals surface area contributed by atoms with Gasteiger partial charge >= 0.3 is 0 Å². The number of aryl methyl sites for hydroxylation is 3. The third kappa shape index (κ3) is 7.74. The Morgan fingerprint density at radius 3 is 2.63 bits per heavy atom. The quantitative estimate of drug-likeness (QED) is 0.261. The lowest BCUT2D eigenvalue weighted by Gasteiger charge is -2.13. The zero-order valence-electron chi connectivity index (χ0n) is 17.0. The lowest BCUT2D eigenvalue weighted by atomic mass is 10.2. The van der Waals surface area contributed by atoms with E-state index < -0.39 is 0 Å². The zero-order valence-corrected chi connectivity index (χ0v) is 19.3. The molecule has 0 atom stereocenters. The molecule has 0 aliphatic carbocycles. The summed E-state index contributed by atoms with van der Waals surface area (Å²) in [5.74, 6) is 1.78. The van der Waals surface area contributed by atoms with E-state index in [2.05, 4.69) is 56.4 Å². The normalized spacial score (nSPS) is 11.1. The van der Waals surface area contributed by atoms with E-state index in [-0.39, 0.29) is 24.0 Å². The van der Waals surface area contributed by atoms with Crippen LogP contribution in [0.15, 0.2) is 29.4 Å². The van der Waals surface area contributed by atoms with Crippen LogP contribution in [0.3, 0.4) is 0 Å². The monoisotopic (exact) mass is 485 g/mol. The van der Waals surface area contributed by atoms with Crippen molar-refractivity contribution in [2.75, 3.05) is 32.1 Å². The van der Waals surface area contributed by atoms with Crippen molar-refractivity contribution in [2.45, 2.75) is 40.3 Å². The van der Waals surface area contributed by atoms with Crippen molar-refractivity contribution in [2.24, 2.45) is 4.99 Å². The van der Waals surface area contributed by atoms with E-state index in [1.165, 1.54) is 5.69 Å². The molecular formula is C19H32IN7. The number of anilines is 1. The Kier molecular flexibility index (Phi) is 10.1. The van der Waals surface area contributed by atoms with Gasteiger partial charge in [-0.1, -0.05) is 0 Å². The second-order valence-corrected chi connectivity index (χ2v) is 6.54. The summed E-state index contributed by atoms with van der Waals surface area (Å²) in [4.78, 5) is 11.0. The molecule has 0 spiro atoms.